The Kier molecular flexibility index (Phi) is 4.00. The zero-order chi connectivity index (χ0) is 10.7. The number of hydrogen-bond acceptors (Lipinski definition) is 3. The molecule has 2 aliphatic heterocycles. The van der Waals surface area contributed by atoms with Crippen LogP contribution in [-0.4, -0.2) is 44.2 Å². The van der Waals surface area contributed by atoms with Gasteiger partial charge in [0.1, 0.15) is 0 Å². The number of hydrogen-bond donors (Lipinski definition) is 2. The van der Waals surface area contributed by atoms with Crippen LogP contribution in [0.4, 0.5) is 0 Å². The molecule has 2 fully saturated rings. The van der Waals surface area contributed by atoms with Crippen molar-refractivity contribution < 1.29 is 0 Å². The Morgan fingerprint density at radius 3 is 2.67 bits per heavy atom. The molecule has 0 bridgehead atoms. The molecule has 0 aromatic carbocycles. The van der Waals surface area contributed by atoms with Gasteiger partial charge >= 0.3 is 0 Å². The minimum atomic E-state index is 0.448. The van der Waals surface area contributed by atoms with Crippen molar-refractivity contribution in [3.05, 3.63) is 0 Å². The molecule has 15 heavy (non-hydrogen) atoms. The van der Waals surface area contributed by atoms with Gasteiger partial charge in [0.2, 0.25) is 0 Å². The van der Waals surface area contributed by atoms with E-state index in [0.29, 0.717) is 6.04 Å². The number of nitrogens with two attached hydrogens (primary N) is 1. The van der Waals surface area contributed by atoms with Crippen LogP contribution in [0.2, 0.25) is 0 Å². The highest BCUT2D eigenvalue weighted by Gasteiger charge is 2.26. The molecule has 0 aliphatic carbocycles. The van der Waals surface area contributed by atoms with Crippen LogP contribution in [0.3, 0.4) is 0 Å². The molecule has 2 heterocycles. The van der Waals surface area contributed by atoms with Crippen LogP contribution < -0.4 is 11.1 Å². The van der Waals surface area contributed by atoms with Crippen LogP contribution in [0.25, 0.3) is 0 Å². The number of nitrogens with zero attached hydrogens (tertiary/aromatic N) is 1. The summed E-state index contributed by atoms with van der Waals surface area (Å²) < 4.78 is 0. The van der Waals surface area contributed by atoms with Crippen molar-refractivity contribution in [3.8, 4) is 0 Å². The van der Waals surface area contributed by atoms with Crippen molar-refractivity contribution in [1.29, 1.82) is 0 Å². The second kappa shape index (κ2) is 5.28. The number of piperidine rings is 1. The molecule has 2 aliphatic rings. The number of likely N-dealkylation sites (tertiary alicyclic amines) is 1. The fraction of sp³-hybridized carbons (Fsp3) is 1.00. The van der Waals surface area contributed by atoms with Crippen molar-refractivity contribution in [2.45, 2.75) is 31.7 Å². The van der Waals surface area contributed by atoms with Gasteiger partial charge in [-0.3, -0.25) is 0 Å². The van der Waals surface area contributed by atoms with Crippen molar-refractivity contribution in [1.82, 2.24) is 10.2 Å². The van der Waals surface area contributed by atoms with Gasteiger partial charge in [-0.2, -0.15) is 0 Å². The van der Waals surface area contributed by atoms with Crippen LogP contribution in [-0.2, 0) is 0 Å². The summed E-state index contributed by atoms with van der Waals surface area (Å²) in [5.74, 6) is 1.63. The van der Waals surface area contributed by atoms with Crippen molar-refractivity contribution in [2.24, 2.45) is 17.6 Å². The lowest BCUT2D eigenvalue weighted by molar-refractivity contribution is 0.188. The van der Waals surface area contributed by atoms with Gasteiger partial charge in [0, 0.05) is 6.04 Å². The Balaban J connectivity index is 1.72. The second-order valence-corrected chi connectivity index (χ2v) is 5.40. The van der Waals surface area contributed by atoms with E-state index in [2.05, 4.69) is 17.3 Å². The average molecular weight is 211 g/mol. The third-order valence-corrected chi connectivity index (χ3v) is 4.14. The summed E-state index contributed by atoms with van der Waals surface area (Å²) >= 11 is 0. The summed E-state index contributed by atoms with van der Waals surface area (Å²) in [4.78, 5) is 2.42. The first-order chi connectivity index (χ1) is 7.25. The lowest BCUT2D eigenvalue weighted by Gasteiger charge is -2.33. The topological polar surface area (TPSA) is 41.3 Å². The molecule has 0 aromatic rings. The van der Waals surface area contributed by atoms with E-state index >= 15 is 0 Å². The highest BCUT2D eigenvalue weighted by molar-refractivity contribution is 4.83. The van der Waals surface area contributed by atoms with Crippen LogP contribution >= 0.6 is 0 Å². The Bertz CT molecular complexity index is 181. The van der Waals surface area contributed by atoms with Gasteiger partial charge < -0.3 is 16.0 Å². The van der Waals surface area contributed by atoms with Crippen molar-refractivity contribution in [2.75, 3.05) is 33.2 Å². The van der Waals surface area contributed by atoms with E-state index in [0.717, 1.165) is 11.8 Å². The maximum Gasteiger partial charge on any atom is 0.00712 e. The molecule has 2 rings (SSSR count). The smallest absolute Gasteiger partial charge is 0.00712 e. The fourth-order valence-electron chi connectivity index (χ4n) is 2.95. The van der Waals surface area contributed by atoms with Crippen LogP contribution in [0.5, 0.6) is 0 Å². The Labute approximate surface area is 93.4 Å². The zero-order valence-corrected chi connectivity index (χ0v) is 9.91. The molecule has 3 N–H and O–H groups in total. The molecule has 88 valence electrons. The number of rotatable bonds is 3. The van der Waals surface area contributed by atoms with E-state index in [1.807, 2.05) is 0 Å². The molecule has 0 saturated carbocycles. The first kappa shape index (κ1) is 11.4. The van der Waals surface area contributed by atoms with E-state index < -0.39 is 0 Å². The highest BCUT2D eigenvalue weighted by atomic mass is 15.1. The van der Waals surface area contributed by atoms with Crippen molar-refractivity contribution >= 4 is 0 Å². The molecular weight excluding hydrogens is 186 g/mol. The summed E-state index contributed by atoms with van der Waals surface area (Å²) in [5.41, 5.74) is 6.33. The summed E-state index contributed by atoms with van der Waals surface area (Å²) in [6.07, 6.45) is 5.18. The molecule has 0 amide bonds. The predicted molar refractivity (Wildman–Crippen MR) is 63.8 cm³/mol. The third kappa shape index (κ3) is 3.16. The molecule has 2 unspecified atom stereocenters. The maximum absolute atomic E-state index is 6.33. The standard InChI is InChI=1S/C12H25N3/c1-15-6-3-11(4-7-15)12(13)8-10-2-5-14-9-10/h10-12,14H,2-9,13H2,1H3. The lowest BCUT2D eigenvalue weighted by Crippen LogP contribution is -2.40. The average Bonchev–Trinajstić information content (AvgIpc) is 2.71. The van der Waals surface area contributed by atoms with Gasteiger partial charge in [0.15, 0.2) is 0 Å². The molecular formula is C12H25N3. The van der Waals surface area contributed by atoms with E-state index in [4.69, 9.17) is 5.73 Å². The van der Waals surface area contributed by atoms with Crippen LogP contribution in [0.15, 0.2) is 0 Å². The summed E-state index contributed by atoms with van der Waals surface area (Å²) in [6, 6.07) is 0.448. The van der Waals surface area contributed by atoms with Gasteiger partial charge in [-0.05, 0) is 70.7 Å². The number of nitrogens with one attached hydrogen (secondary N) is 1. The maximum atomic E-state index is 6.33. The van der Waals surface area contributed by atoms with Gasteiger partial charge in [0.05, 0.1) is 0 Å². The Morgan fingerprint density at radius 2 is 2.07 bits per heavy atom. The fourth-order valence-corrected chi connectivity index (χ4v) is 2.95. The Hall–Kier alpha value is -0.120. The SMILES string of the molecule is CN1CCC(C(N)CC2CCNC2)CC1. The minimum Gasteiger partial charge on any atom is -0.327 e. The molecule has 0 spiro atoms. The lowest BCUT2D eigenvalue weighted by atomic mass is 9.84. The van der Waals surface area contributed by atoms with Gasteiger partial charge in [-0.1, -0.05) is 0 Å². The molecule has 2 saturated heterocycles. The quantitative estimate of drug-likeness (QED) is 0.720. The predicted octanol–water partition coefficient (Wildman–Crippen LogP) is 0.655. The monoisotopic (exact) mass is 211 g/mol. The Morgan fingerprint density at radius 1 is 1.33 bits per heavy atom. The summed E-state index contributed by atoms with van der Waals surface area (Å²) in [5, 5.41) is 3.42. The van der Waals surface area contributed by atoms with Crippen LogP contribution in [0.1, 0.15) is 25.7 Å². The van der Waals surface area contributed by atoms with Gasteiger partial charge in [0.25, 0.3) is 0 Å². The van der Waals surface area contributed by atoms with E-state index in [1.54, 1.807) is 0 Å². The minimum absolute atomic E-state index is 0.448. The van der Waals surface area contributed by atoms with Crippen molar-refractivity contribution in [3.63, 3.8) is 0 Å². The van der Waals surface area contributed by atoms with Gasteiger partial charge in [-0.25, -0.2) is 0 Å². The van der Waals surface area contributed by atoms with E-state index in [9.17, 15) is 0 Å². The molecule has 3 nitrogen and oxygen atoms in total. The largest absolute Gasteiger partial charge is 0.327 e. The van der Waals surface area contributed by atoms with E-state index in [1.165, 1.54) is 51.9 Å². The molecule has 0 aromatic heterocycles. The first-order valence-corrected chi connectivity index (χ1v) is 6.40. The second-order valence-electron chi connectivity index (χ2n) is 5.40. The van der Waals surface area contributed by atoms with Gasteiger partial charge in [-0.15, -0.1) is 0 Å². The normalized spacial score (nSPS) is 32.0. The summed E-state index contributed by atoms with van der Waals surface area (Å²) in [6.45, 7) is 4.87. The third-order valence-electron chi connectivity index (χ3n) is 4.14. The highest BCUT2D eigenvalue weighted by Crippen LogP contribution is 2.24. The molecule has 2 atom stereocenters. The molecule has 3 heteroatoms. The first-order valence-electron chi connectivity index (χ1n) is 6.40. The van der Waals surface area contributed by atoms with E-state index in [-0.39, 0.29) is 0 Å². The molecule has 0 radical (unpaired) electrons. The zero-order valence-electron chi connectivity index (χ0n) is 9.91. The van der Waals surface area contributed by atoms with Crippen LogP contribution in [0, 0.1) is 11.8 Å². The summed E-state index contributed by atoms with van der Waals surface area (Å²) in [7, 11) is 2.21.